The van der Waals surface area contributed by atoms with Crippen LogP contribution in [0.4, 0.5) is 11.4 Å². The number of anilines is 2. The number of aromatic nitrogens is 1. The average Bonchev–Trinajstić information content (AvgIpc) is 2.74. The molecule has 11 heteroatoms. The number of sulfone groups is 1. The highest BCUT2D eigenvalue weighted by Gasteiger charge is 2.31. The molecule has 3 N–H and O–H groups in total. The molecule has 4 rings (SSSR count). The van der Waals surface area contributed by atoms with Gasteiger partial charge in [0.15, 0.2) is 5.03 Å². The van der Waals surface area contributed by atoms with Crippen LogP contribution in [0, 0.1) is 0 Å². The number of rotatable bonds is 5. The van der Waals surface area contributed by atoms with Crippen LogP contribution in [0.5, 0.6) is 0 Å². The van der Waals surface area contributed by atoms with Crippen LogP contribution in [0.3, 0.4) is 0 Å². The van der Waals surface area contributed by atoms with Crippen molar-refractivity contribution in [3.63, 3.8) is 0 Å². The maximum Gasteiger partial charge on any atom is 0.337 e. The smallest absolute Gasteiger partial charge is 0.337 e. The summed E-state index contributed by atoms with van der Waals surface area (Å²) >= 11 is 9.48. The van der Waals surface area contributed by atoms with Crippen molar-refractivity contribution in [1.29, 1.82) is 0 Å². The van der Waals surface area contributed by atoms with Crippen LogP contribution in [-0.2, 0) is 14.6 Å². The molecule has 31 heavy (non-hydrogen) atoms. The quantitative estimate of drug-likeness (QED) is 0.459. The van der Waals surface area contributed by atoms with Gasteiger partial charge in [-0.05, 0) is 42.5 Å². The van der Waals surface area contributed by atoms with Crippen molar-refractivity contribution in [2.75, 3.05) is 25.1 Å². The van der Waals surface area contributed by atoms with Crippen molar-refractivity contribution in [1.82, 2.24) is 10.3 Å². The molecule has 0 spiro atoms. The Bertz CT molecular complexity index is 1280. The van der Waals surface area contributed by atoms with Gasteiger partial charge in [0.2, 0.25) is 9.84 Å². The van der Waals surface area contributed by atoms with E-state index in [0.29, 0.717) is 39.2 Å². The van der Waals surface area contributed by atoms with Crippen molar-refractivity contribution in [2.45, 2.75) is 10.4 Å². The normalized spacial score (nSPS) is 16.9. The molecule has 162 valence electrons. The van der Waals surface area contributed by atoms with Crippen molar-refractivity contribution < 1.29 is 23.1 Å². The van der Waals surface area contributed by atoms with Crippen LogP contribution >= 0.6 is 27.5 Å². The molecule has 1 atom stereocenters. The maximum atomic E-state index is 13.2. The second kappa shape index (κ2) is 8.71. The average molecular weight is 527 g/mol. The molecule has 1 fully saturated rings. The second-order valence-electron chi connectivity index (χ2n) is 6.85. The van der Waals surface area contributed by atoms with Gasteiger partial charge in [0, 0.05) is 21.4 Å². The van der Waals surface area contributed by atoms with Gasteiger partial charge in [-0.25, -0.2) is 18.2 Å². The largest absolute Gasteiger partial charge is 0.478 e. The number of aromatic carboxylic acids is 1. The minimum atomic E-state index is -3.86. The summed E-state index contributed by atoms with van der Waals surface area (Å²) in [6.45, 7) is 0.863. The fourth-order valence-corrected chi connectivity index (χ4v) is 5.21. The molecule has 3 aromatic rings. The first kappa shape index (κ1) is 22.0. The summed E-state index contributed by atoms with van der Waals surface area (Å²) < 4.78 is 32.3. The van der Waals surface area contributed by atoms with Crippen molar-refractivity contribution in [3.05, 3.63) is 57.5 Å². The lowest BCUT2D eigenvalue weighted by atomic mass is 10.1. The number of halogens is 2. The van der Waals surface area contributed by atoms with Gasteiger partial charge in [0.05, 0.1) is 35.7 Å². The Labute approximate surface area is 191 Å². The summed E-state index contributed by atoms with van der Waals surface area (Å²) in [6.07, 6.45) is 0. The van der Waals surface area contributed by atoms with E-state index in [0.717, 1.165) is 0 Å². The Morgan fingerprint density at radius 2 is 2.03 bits per heavy atom. The van der Waals surface area contributed by atoms with E-state index < -0.39 is 21.2 Å². The Kier molecular flexibility index (Phi) is 6.18. The predicted molar refractivity (Wildman–Crippen MR) is 121 cm³/mol. The number of hydrogen-bond donors (Lipinski definition) is 3. The zero-order valence-electron chi connectivity index (χ0n) is 15.9. The van der Waals surface area contributed by atoms with E-state index in [4.69, 9.17) is 16.3 Å². The summed E-state index contributed by atoms with van der Waals surface area (Å²) in [7, 11) is -3.86. The first-order chi connectivity index (χ1) is 14.8. The number of benzene rings is 2. The number of carboxylic acid groups (broad SMARTS) is 1. The lowest BCUT2D eigenvalue weighted by Gasteiger charge is -2.24. The molecule has 2 heterocycles. The van der Waals surface area contributed by atoms with Gasteiger partial charge < -0.3 is 15.2 Å². The van der Waals surface area contributed by atoms with Gasteiger partial charge in [0.1, 0.15) is 5.37 Å². The highest BCUT2D eigenvalue weighted by atomic mass is 79.9. The van der Waals surface area contributed by atoms with Crippen LogP contribution in [0.15, 0.2) is 52.0 Å². The van der Waals surface area contributed by atoms with Gasteiger partial charge >= 0.3 is 5.97 Å². The molecule has 0 aliphatic carbocycles. The molecule has 1 saturated heterocycles. The zero-order chi connectivity index (χ0) is 22.2. The molecule has 0 bridgehead atoms. The monoisotopic (exact) mass is 525 g/mol. The van der Waals surface area contributed by atoms with Crippen molar-refractivity contribution in [3.8, 4) is 0 Å². The van der Waals surface area contributed by atoms with Crippen LogP contribution in [0.2, 0.25) is 5.02 Å². The van der Waals surface area contributed by atoms with Crippen LogP contribution in [-0.4, -0.2) is 49.6 Å². The summed E-state index contributed by atoms with van der Waals surface area (Å²) in [5.41, 5.74) is 1.08. The third kappa shape index (κ3) is 4.53. The standard InChI is InChI=1S/C20H17BrClN3O5S/c21-11-1-3-13(20(26)27)16(7-11)24-17-9-18(25-15-4-2-12(22)8-14(15)17)31(28,29)19-10-30-6-5-23-19/h1-4,7-9,19,23H,5-6,10H2,(H,24,25)(H,26,27). The lowest BCUT2D eigenvalue weighted by molar-refractivity contribution is 0.0698. The van der Waals surface area contributed by atoms with E-state index in [1.807, 2.05) is 0 Å². The van der Waals surface area contributed by atoms with Crippen LogP contribution in [0.1, 0.15) is 10.4 Å². The van der Waals surface area contributed by atoms with Gasteiger partial charge in [-0.15, -0.1) is 0 Å². The topological polar surface area (TPSA) is 118 Å². The molecule has 0 amide bonds. The number of nitrogens with one attached hydrogen (secondary N) is 2. The fourth-order valence-electron chi connectivity index (χ4n) is 3.26. The number of carbonyl (C=O) groups is 1. The highest BCUT2D eigenvalue weighted by Crippen LogP contribution is 2.33. The molecular formula is C20H17BrClN3O5S. The van der Waals surface area contributed by atoms with Crippen LogP contribution < -0.4 is 10.6 Å². The van der Waals surface area contributed by atoms with E-state index >= 15 is 0 Å². The Morgan fingerprint density at radius 1 is 1.23 bits per heavy atom. The predicted octanol–water partition coefficient (Wildman–Crippen LogP) is 3.81. The molecule has 0 radical (unpaired) electrons. The number of carboxylic acids is 1. The first-order valence-corrected chi connectivity index (χ1v) is 11.9. The number of morpholine rings is 1. The number of fused-ring (bicyclic) bond motifs is 1. The fraction of sp³-hybridized carbons (Fsp3) is 0.200. The maximum absolute atomic E-state index is 13.2. The van der Waals surface area contributed by atoms with E-state index in [2.05, 4.69) is 31.5 Å². The second-order valence-corrected chi connectivity index (χ2v) is 10.3. The SMILES string of the molecule is O=C(O)c1ccc(Br)cc1Nc1cc(S(=O)(=O)C2COCCN2)nc2ccc(Cl)cc12. The lowest BCUT2D eigenvalue weighted by Crippen LogP contribution is -2.46. The van der Waals surface area contributed by atoms with Gasteiger partial charge in [-0.2, -0.15) is 0 Å². The van der Waals surface area contributed by atoms with E-state index in [1.165, 1.54) is 12.1 Å². The number of ether oxygens (including phenoxy) is 1. The molecular weight excluding hydrogens is 510 g/mol. The Balaban J connectivity index is 1.87. The van der Waals surface area contributed by atoms with Gasteiger partial charge in [-0.3, -0.25) is 5.32 Å². The van der Waals surface area contributed by atoms with Gasteiger partial charge in [0.25, 0.3) is 0 Å². The van der Waals surface area contributed by atoms with E-state index in [1.54, 1.807) is 30.3 Å². The molecule has 1 aliphatic rings. The number of hydrogen-bond acceptors (Lipinski definition) is 7. The molecule has 0 saturated carbocycles. The van der Waals surface area contributed by atoms with E-state index in [9.17, 15) is 18.3 Å². The number of nitrogens with zero attached hydrogens (tertiary/aromatic N) is 1. The van der Waals surface area contributed by atoms with Crippen molar-refractivity contribution >= 4 is 65.6 Å². The van der Waals surface area contributed by atoms with Crippen LogP contribution in [0.25, 0.3) is 10.9 Å². The minimum absolute atomic E-state index is 0.0141. The van der Waals surface area contributed by atoms with Gasteiger partial charge in [-0.1, -0.05) is 27.5 Å². The Morgan fingerprint density at radius 3 is 2.74 bits per heavy atom. The first-order valence-electron chi connectivity index (χ1n) is 9.21. The molecule has 8 nitrogen and oxygen atoms in total. The molecule has 1 unspecified atom stereocenters. The summed E-state index contributed by atoms with van der Waals surface area (Å²) in [5.74, 6) is -1.12. The van der Waals surface area contributed by atoms with Crippen molar-refractivity contribution in [2.24, 2.45) is 0 Å². The minimum Gasteiger partial charge on any atom is -0.478 e. The highest BCUT2D eigenvalue weighted by molar-refractivity contribution is 9.10. The summed E-state index contributed by atoms with van der Waals surface area (Å²) in [5, 5.41) is 15.4. The van der Waals surface area contributed by atoms with E-state index in [-0.39, 0.29) is 22.9 Å². The third-order valence-corrected chi connectivity index (χ3v) is 7.35. The third-order valence-electron chi connectivity index (χ3n) is 4.78. The summed E-state index contributed by atoms with van der Waals surface area (Å²) in [6, 6.07) is 10.9. The molecule has 2 aromatic carbocycles. The Hall–Kier alpha value is -2.24. The molecule has 1 aliphatic heterocycles. The number of pyridine rings is 1. The zero-order valence-corrected chi connectivity index (χ0v) is 19.1. The molecule has 1 aromatic heterocycles. The summed E-state index contributed by atoms with van der Waals surface area (Å²) in [4.78, 5) is 16.0.